The highest BCUT2D eigenvalue weighted by Crippen LogP contribution is 2.17. The van der Waals surface area contributed by atoms with E-state index in [1.54, 1.807) is 12.1 Å². The number of rotatable bonds is 8. The van der Waals surface area contributed by atoms with Gasteiger partial charge in [0.15, 0.2) is 9.84 Å². The van der Waals surface area contributed by atoms with Crippen LogP contribution in [0.2, 0.25) is 0 Å². The van der Waals surface area contributed by atoms with Gasteiger partial charge in [0.05, 0.1) is 10.6 Å². The van der Waals surface area contributed by atoms with Crippen LogP contribution in [0.1, 0.15) is 38.7 Å². The minimum absolute atomic E-state index is 0.0811. The molecule has 0 amide bonds. The van der Waals surface area contributed by atoms with Gasteiger partial charge in [0.2, 0.25) is 0 Å². The van der Waals surface area contributed by atoms with Crippen molar-refractivity contribution in [3.05, 3.63) is 29.8 Å². The van der Waals surface area contributed by atoms with Gasteiger partial charge in [-0.2, -0.15) is 12.6 Å². The van der Waals surface area contributed by atoms with Gasteiger partial charge in [-0.15, -0.1) is 0 Å². The van der Waals surface area contributed by atoms with E-state index in [9.17, 15) is 8.42 Å². The van der Waals surface area contributed by atoms with Crippen LogP contribution in [0.15, 0.2) is 29.2 Å². The van der Waals surface area contributed by atoms with Gasteiger partial charge in [-0.25, -0.2) is 8.42 Å². The Bertz CT molecular complexity index is 463. The molecule has 0 aromatic heterocycles. The van der Waals surface area contributed by atoms with Crippen LogP contribution in [0, 0.1) is 5.92 Å². The minimum Gasteiger partial charge on any atom is -0.224 e. The Hall–Kier alpha value is -0.480. The zero-order valence-corrected chi connectivity index (χ0v) is 13.5. The number of aryl methyl sites for hydroxylation is 1. The van der Waals surface area contributed by atoms with Gasteiger partial charge in [-0.3, -0.25) is 0 Å². The van der Waals surface area contributed by atoms with Crippen LogP contribution >= 0.6 is 12.6 Å². The zero-order valence-electron chi connectivity index (χ0n) is 11.8. The molecule has 4 heteroatoms. The van der Waals surface area contributed by atoms with Crippen LogP contribution < -0.4 is 0 Å². The predicted octanol–water partition coefficient (Wildman–Crippen LogP) is 3.76. The van der Waals surface area contributed by atoms with E-state index in [1.807, 2.05) is 19.1 Å². The molecule has 0 saturated carbocycles. The van der Waals surface area contributed by atoms with Crippen molar-refractivity contribution in [2.75, 3.05) is 11.5 Å². The Balaban J connectivity index is 2.69. The Morgan fingerprint density at radius 1 is 1.16 bits per heavy atom. The van der Waals surface area contributed by atoms with Crippen molar-refractivity contribution in [3.8, 4) is 0 Å². The number of hydrogen-bond donors (Lipinski definition) is 1. The molecule has 1 aromatic rings. The highest BCUT2D eigenvalue weighted by Gasteiger charge is 2.17. The summed E-state index contributed by atoms with van der Waals surface area (Å²) in [6.07, 6.45) is 4.62. The van der Waals surface area contributed by atoms with E-state index >= 15 is 0 Å². The summed E-state index contributed by atoms with van der Waals surface area (Å²) in [7, 11) is -3.16. The summed E-state index contributed by atoms with van der Waals surface area (Å²) in [4.78, 5) is 0.431. The molecule has 19 heavy (non-hydrogen) atoms. The normalized spacial score (nSPS) is 13.4. The average Bonchev–Trinajstić information content (AvgIpc) is 2.39. The SMILES string of the molecule is CCCCCc1ccc(S(=O)(=O)CC(C)CS)cc1. The Kier molecular flexibility index (Phi) is 6.94. The predicted molar refractivity (Wildman–Crippen MR) is 84.7 cm³/mol. The maximum atomic E-state index is 12.1. The van der Waals surface area contributed by atoms with E-state index in [-0.39, 0.29) is 11.7 Å². The third-order valence-corrected chi connectivity index (χ3v) is 5.79. The van der Waals surface area contributed by atoms with E-state index in [0.717, 1.165) is 6.42 Å². The van der Waals surface area contributed by atoms with Gasteiger partial charge < -0.3 is 0 Å². The number of sulfone groups is 1. The van der Waals surface area contributed by atoms with Crippen LogP contribution in [0.25, 0.3) is 0 Å². The molecule has 0 spiro atoms. The van der Waals surface area contributed by atoms with Crippen LogP contribution in [0.4, 0.5) is 0 Å². The largest absolute Gasteiger partial charge is 0.224 e. The second-order valence-corrected chi connectivity index (χ2v) is 7.57. The molecule has 0 aliphatic rings. The van der Waals surface area contributed by atoms with Crippen LogP contribution in [0.3, 0.4) is 0 Å². The molecule has 0 aliphatic heterocycles. The third-order valence-electron chi connectivity index (χ3n) is 3.17. The number of thiol groups is 1. The summed E-state index contributed by atoms with van der Waals surface area (Å²) in [5.74, 6) is 0.845. The van der Waals surface area contributed by atoms with Gasteiger partial charge in [0, 0.05) is 0 Å². The average molecular weight is 300 g/mol. The lowest BCUT2D eigenvalue weighted by Gasteiger charge is -2.10. The van der Waals surface area contributed by atoms with Gasteiger partial charge in [-0.1, -0.05) is 38.8 Å². The topological polar surface area (TPSA) is 34.1 Å². The van der Waals surface area contributed by atoms with E-state index in [0.29, 0.717) is 10.6 Å². The van der Waals surface area contributed by atoms with Crippen molar-refractivity contribution in [3.63, 3.8) is 0 Å². The summed E-state index contributed by atoms with van der Waals surface area (Å²) in [6.45, 7) is 4.09. The lowest BCUT2D eigenvalue weighted by molar-refractivity contribution is 0.583. The zero-order chi connectivity index (χ0) is 14.3. The second-order valence-electron chi connectivity index (χ2n) is 5.17. The minimum atomic E-state index is -3.16. The number of hydrogen-bond acceptors (Lipinski definition) is 3. The summed E-state index contributed by atoms with van der Waals surface area (Å²) in [6, 6.07) is 7.35. The fraction of sp³-hybridized carbons (Fsp3) is 0.600. The van der Waals surface area contributed by atoms with Crippen molar-refractivity contribution in [2.24, 2.45) is 5.92 Å². The molecule has 0 radical (unpaired) electrons. The molecule has 1 atom stereocenters. The summed E-state index contributed by atoms with van der Waals surface area (Å²) in [5.41, 5.74) is 1.22. The summed E-state index contributed by atoms with van der Waals surface area (Å²) < 4.78 is 24.3. The van der Waals surface area contributed by atoms with Gasteiger partial charge in [-0.05, 0) is 42.2 Å². The molecule has 1 rings (SSSR count). The fourth-order valence-electron chi connectivity index (χ4n) is 1.97. The molecule has 0 bridgehead atoms. The fourth-order valence-corrected chi connectivity index (χ4v) is 3.88. The van der Waals surface area contributed by atoms with Gasteiger partial charge in [0.1, 0.15) is 0 Å². The lowest BCUT2D eigenvalue weighted by atomic mass is 10.1. The molecular formula is C15H24O2S2. The van der Waals surface area contributed by atoms with E-state index in [2.05, 4.69) is 19.6 Å². The Labute approximate surface area is 122 Å². The third kappa shape index (κ3) is 5.57. The molecule has 0 heterocycles. The Morgan fingerprint density at radius 2 is 1.79 bits per heavy atom. The first kappa shape index (κ1) is 16.6. The molecular weight excluding hydrogens is 276 g/mol. The van der Waals surface area contributed by atoms with Crippen LogP contribution in [0.5, 0.6) is 0 Å². The summed E-state index contributed by atoms with van der Waals surface area (Å²) in [5, 5.41) is 0. The molecule has 0 fully saturated rings. The van der Waals surface area contributed by atoms with Gasteiger partial charge in [0.25, 0.3) is 0 Å². The quantitative estimate of drug-likeness (QED) is 0.586. The van der Waals surface area contributed by atoms with E-state index < -0.39 is 9.84 Å². The first-order valence-electron chi connectivity index (χ1n) is 6.92. The monoisotopic (exact) mass is 300 g/mol. The van der Waals surface area contributed by atoms with E-state index in [1.165, 1.54) is 24.8 Å². The van der Waals surface area contributed by atoms with Crippen molar-refractivity contribution in [2.45, 2.75) is 44.4 Å². The molecule has 0 saturated heterocycles. The molecule has 1 aromatic carbocycles. The first-order chi connectivity index (χ1) is 8.99. The van der Waals surface area contributed by atoms with Crippen molar-refractivity contribution >= 4 is 22.5 Å². The second kappa shape index (κ2) is 7.95. The smallest absolute Gasteiger partial charge is 0.178 e. The number of benzene rings is 1. The van der Waals surface area contributed by atoms with Crippen molar-refractivity contribution in [1.29, 1.82) is 0 Å². The van der Waals surface area contributed by atoms with E-state index in [4.69, 9.17) is 0 Å². The Morgan fingerprint density at radius 3 is 2.32 bits per heavy atom. The number of unbranched alkanes of at least 4 members (excludes halogenated alkanes) is 2. The van der Waals surface area contributed by atoms with Gasteiger partial charge >= 0.3 is 0 Å². The molecule has 108 valence electrons. The maximum absolute atomic E-state index is 12.1. The van der Waals surface area contributed by atoms with Crippen molar-refractivity contribution < 1.29 is 8.42 Å². The lowest BCUT2D eigenvalue weighted by Crippen LogP contribution is -2.15. The maximum Gasteiger partial charge on any atom is 0.178 e. The summed E-state index contributed by atoms with van der Waals surface area (Å²) >= 11 is 4.14. The van der Waals surface area contributed by atoms with Crippen LogP contribution in [-0.2, 0) is 16.3 Å². The standard InChI is InChI=1S/C15H24O2S2/c1-3-4-5-6-14-7-9-15(10-8-14)19(16,17)12-13(2)11-18/h7-10,13,18H,3-6,11-12H2,1-2H3. The molecule has 0 N–H and O–H groups in total. The highest BCUT2D eigenvalue weighted by molar-refractivity contribution is 7.91. The highest BCUT2D eigenvalue weighted by atomic mass is 32.2. The molecule has 2 nitrogen and oxygen atoms in total. The first-order valence-corrected chi connectivity index (χ1v) is 9.20. The molecule has 1 unspecified atom stereocenters. The van der Waals surface area contributed by atoms with Crippen LogP contribution in [-0.4, -0.2) is 19.9 Å². The van der Waals surface area contributed by atoms with Crippen molar-refractivity contribution in [1.82, 2.24) is 0 Å². The molecule has 0 aliphatic carbocycles.